The van der Waals surface area contributed by atoms with Gasteiger partial charge in [-0.25, -0.2) is 4.39 Å². The van der Waals surface area contributed by atoms with Gasteiger partial charge in [-0.2, -0.15) is 0 Å². The van der Waals surface area contributed by atoms with Crippen LogP contribution in [0, 0.1) is 0 Å². The first-order valence-corrected chi connectivity index (χ1v) is 2.00. The lowest BCUT2D eigenvalue weighted by molar-refractivity contribution is -0.108. The zero-order valence-electron chi connectivity index (χ0n) is 3.58. The van der Waals surface area contributed by atoms with Gasteiger partial charge < -0.3 is 0 Å². The molecule has 0 unspecified atom stereocenters. The van der Waals surface area contributed by atoms with E-state index in [9.17, 15) is 9.18 Å². The third-order valence-electron chi connectivity index (χ3n) is 0.439. The number of rotatable bonds is 2. The van der Waals surface area contributed by atoms with Crippen molar-refractivity contribution in [1.82, 2.24) is 0 Å². The van der Waals surface area contributed by atoms with E-state index < -0.39 is 11.9 Å². The van der Waals surface area contributed by atoms with Gasteiger partial charge in [0, 0.05) is 5.57 Å². The molecule has 0 N–H and O–H groups in total. The molecule has 0 bridgehead atoms. The van der Waals surface area contributed by atoms with Crippen LogP contribution in [0.25, 0.3) is 0 Å². The monoisotopic (exact) mass is 122 g/mol. The van der Waals surface area contributed by atoms with Crippen LogP contribution in [-0.2, 0) is 4.79 Å². The second kappa shape index (κ2) is 2.75. The summed E-state index contributed by atoms with van der Waals surface area (Å²) < 4.78 is 11.2. The zero-order valence-corrected chi connectivity index (χ0v) is 4.33. The molecule has 0 aliphatic rings. The maximum absolute atomic E-state index is 11.2. The first kappa shape index (κ1) is 6.63. The highest BCUT2D eigenvalue weighted by atomic mass is 35.5. The van der Waals surface area contributed by atoms with E-state index in [-0.39, 0.29) is 5.57 Å². The lowest BCUT2D eigenvalue weighted by atomic mass is 10.4. The van der Waals surface area contributed by atoms with E-state index in [1.165, 1.54) is 0 Å². The van der Waals surface area contributed by atoms with Crippen molar-refractivity contribution < 1.29 is 9.18 Å². The quantitative estimate of drug-likeness (QED) is 0.398. The van der Waals surface area contributed by atoms with Gasteiger partial charge in [-0.3, -0.25) is 4.79 Å². The molecule has 0 aromatic rings. The molecule has 0 spiro atoms. The molecule has 0 aromatic carbocycles. The van der Waals surface area contributed by atoms with Crippen LogP contribution >= 0.6 is 11.6 Å². The SMILES string of the molecule is C=C(CF)C(=O)Cl. The van der Waals surface area contributed by atoms with E-state index in [0.717, 1.165) is 0 Å². The van der Waals surface area contributed by atoms with Gasteiger partial charge in [0.15, 0.2) is 0 Å². The summed E-state index contributed by atoms with van der Waals surface area (Å²) in [5.41, 5.74) is -0.193. The molecule has 0 heterocycles. The Morgan fingerprint density at radius 1 is 1.86 bits per heavy atom. The fraction of sp³-hybridized carbons (Fsp3) is 0.250. The molecule has 0 rings (SSSR count). The van der Waals surface area contributed by atoms with E-state index in [1.54, 1.807) is 0 Å². The fourth-order valence-electron chi connectivity index (χ4n) is 0.0525. The molecule has 1 nitrogen and oxygen atoms in total. The summed E-state index contributed by atoms with van der Waals surface area (Å²) in [6.07, 6.45) is 0. The van der Waals surface area contributed by atoms with E-state index in [4.69, 9.17) is 11.6 Å². The van der Waals surface area contributed by atoms with Gasteiger partial charge in [0.05, 0.1) is 0 Å². The standard InChI is InChI=1S/C4H4ClFO/c1-3(2-6)4(5)7/h1-2H2. The topological polar surface area (TPSA) is 17.1 Å². The van der Waals surface area contributed by atoms with Crippen LogP contribution in [0.15, 0.2) is 12.2 Å². The number of carbonyl (C=O) groups is 1. The Bertz CT molecular complexity index is 99.9. The summed E-state index contributed by atoms with van der Waals surface area (Å²) in [4.78, 5) is 9.80. The summed E-state index contributed by atoms with van der Waals surface area (Å²) in [5.74, 6) is 0. The molecule has 0 aliphatic carbocycles. The number of hydrogen-bond donors (Lipinski definition) is 0. The Morgan fingerprint density at radius 3 is 2.29 bits per heavy atom. The number of carbonyl (C=O) groups excluding carboxylic acids is 1. The highest BCUT2D eigenvalue weighted by Gasteiger charge is 1.98. The van der Waals surface area contributed by atoms with Gasteiger partial charge in [0.25, 0.3) is 0 Å². The molecular formula is C4H4ClFO. The third-order valence-corrected chi connectivity index (χ3v) is 0.707. The van der Waals surface area contributed by atoms with E-state index >= 15 is 0 Å². The summed E-state index contributed by atoms with van der Waals surface area (Å²) in [6.45, 7) is 2.16. The van der Waals surface area contributed by atoms with Crippen LogP contribution in [0.2, 0.25) is 0 Å². The van der Waals surface area contributed by atoms with Gasteiger partial charge >= 0.3 is 0 Å². The molecular weight excluding hydrogens is 118 g/mol. The highest BCUT2D eigenvalue weighted by molar-refractivity contribution is 6.67. The number of alkyl halides is 1. The molecule has 40 valence electrons. The second-order valence-electron chi connectivity index (χ2n) is 1.01. The molecule has 0 atom stereocenters. The predicted octanol–water partition coefficient (Wildman–Crippen LogP) is 1.28. The molecule has 0 amide bonds. The smallest absolute Gasteiger partial charge is 0.250 e. The Kier molecular flexibility index (Phi) is 2.60. The van der Waals surface area contributed by atoms with Crippen LogP contribution < -0.4 is 0 Å². The van der Waals surface area contributed by atoms with E-state index in [2.05, 4.69) is 6.58 Å². The van der Waals surface area contributed by atoms with Crippen LogP contribution in [0.1, 0.15) is 0 Å². The summed E-state index contributed by atoms with van der Waals surface area (Å²) in [6, 6.07) is 0. The second-order valence-corrected chi connectivity index (χ2v) is 1.35. The van der Waals surface area contributed by atoms with Gasteiger partial charge in [0.1, 0.15) is 6.67 Å². The number of hydrogen-bond acceptors (Lipinski definition) is 1. The number of allylic oxidation sites excluding steroid dienone is 1. The minimum absolute atomic E-state index is 0.193. The van der Waals surface area contributed by atoms with Crippen molar-refractivity contribution in [3.05, 3.63) is 12.2 Å². The number of halogens is 2. The molecule has 0 fully saturated rings. The molecule has 0 saturated heterocycles. The van der Waals surface area contributed by atoms with Crippen LogP contribution in [-0.4, -0.2) is 11.9 Å². The first-order valence-electron chi connectivity index (χ1n) is 1.62. The lowest BCUT2D eigenvalue weighted by Crippen LogP contribution is -1.91. The van der Waals surface area contributed by atoms with E-state index in [0.29, 0.717) is 0 Å². The molecule has 0 radical (unpaired) electrons. The van der Waals surface area contributed by atoms with Crippen LogP contribution in [0.3, 0.4) is 0 Å². The average molecular weight is 123 g/mol. The Morgan fingerprint density at radius 2 is 2.29 bits per heavy atom. The van der Waals surface area contributed by atoms with Crippen molar-refractivity contribution in [2.45, 2.75) is 0 Å². The van der Waals surface area contributed by atoms with Crippen LogP contribution in [0.5, 0.6) is 0 Å². The van der Waals surface area contributed by atoms with Crippen molar-refractivity contribution in [2.24, 2.45) is 0 Å². The van der Waals surface area contributed by atoms with Crippen LogP contribution in [0.4, 0.5) is 4.39 Å². The third kappa shape index (κ3) is 2.34. The van der Waals surface area contributed by atoms with Crippen molar-refractivity contribution in [3.8, 4) is 0 Å². The summed E-state index contributed by atoms with van der Waals surface area (Å²) in [7, 11) is 0. The van der Waals surface area contributed by atoms with Gasteiger partial charge in [-0.15, -0.1) is 0 Å². The Balaban J connectivity index is 3.58. The Hall–Kier alpha value is -0.370. The van der Waals surface area contributed by atoms with Crippen molar-refractivity contribution in [1.29, 1.82) is 0 Å². The minimum Gasteiger partial charge on any atom is -0.276 e. The maximum Gasteiger partial charge on any atom is 0.250 e. The largest absolute Gasteiger partial charge is 0.276 e. The summed E-state index contributed by atoms with van der Waals surface area (Å²) in [5, 5.41) is -0.803. The van der Waals surface area contributed by atoms with Crippen molar-refractivity contribution in [3.63, 3.8) is 0 Å². The lowest BCUT2D eigenvalue weighted by Gasteiger charge is -1.83. The molecule has 0 saturated carbocycles. The van der Waals surface area contributed by atoms with E-state index in [1.807, 2.05) is 0 Å². The van der Waals surface area contributed by atoms with Crippen molar-refractivity contribution in [2.75, 3.05) is 6.67 Å². The predicted molar refractivity (Wildman–Crippen MR) is 26.0 cm³/mol. The minimum atomic E-state index is -0.859. The zero-order chi connectivity index (χ0) is 5.86. The molecule has 0 aliphatic heterocycles. The van der Waals surface area contributed by atoms with Crippen molar-refractivity contribution >= 4 is 16.8 Å². The molecule has 3 heteroatoms. The van der Waals surface area contributed by atoms with Gasteiger partial charge in [-0.1, -0.05) is 6.58 Å². The van der Waals surface area contributed by atoms with Gasteiger partial charge in [-0.05, 0) is 11.6 Å². The molecule has 7 heavy (non-hydrogen) atoms. The molecule has 0 aromatic heterocycles. The fourth-order valence-corrected chi connectivity index (χ4v) is 0.103. The normalized spacial score (nSPS) is 8.29. The highest BCUT2D eigenvalue weighted by Crippen LogP contribution is 1.95. The first-order chi connectivity index (χ1) is 3.18. The Labute approximate surface area is 45.8 Å². The maximum atomic E-state index is 11.2. The average Bonchev–Trinajstić information content (AvgIpc) is 1.65. The summed E-state index contributed by atoms with van der Waals surface area (Å²) >= 11 is 4.75. The van der Waals surface area contributed by atoms with Gasteiger partial charge in [0.2, 0.25) is 5.24 Å².